The molecule has 0 saturated carbocycles. The summed E-state index contributed by atoms with van der Waals surface area (Å²) in [6.45, 7) is 0. The number of ether oxygens (including phenoxy) is 1. The van der Waals surface area contributed by atoms with E-state index in [1.165, 1.54) is 30.3 Å². The summed E-state index contributed by atoms with van der Waals surface area (Å²) in [5, 5.41) is -0.303. The summed E-state index contributed by atoms with van der Waals surface area (Å²) in [6, 6.07) is 11.6. The Morgan fingerprint density at radius 2 is 1.57 bits per heavy atom. The lowest BCUT2D eigenvalue weighted by molar-refractivity contribution is 0.0943. The first kappa shape index (κ1) is 13.5. The van der Waals surface area contributed by atoms with Gasteiger partial charge in [0.2, 0.25) is 11.6 Å². The Balaban J connectivity index is 2.05. The minimum Gasteiger partial charge on any atom is -0.451 e. The summed E-state index contributed by atoms with van der Waals surface area (Å²) >= 11 is 5.94. The SMILES string of the molecule is O=C1C(Cl)=C(Oc2cccc(F)c2)C(=O)c2ccccc21. The number of carbonyl (C=O) groups excluding carboxylic acids is 2. The van der Waals surface area contributed by atoms with Crippen LogP contribution < -0.4 is 4.74 Å². The second-order valence-corrected chi connectivity index (χ2v) is 4.78. The Labute approximate surface area is 124 Å². The molecule has 104 valence electrons. The zero-order chi connectivity index (χ0) is 15.0. The fraction of sp³-hybridized carbons (Fsp3) is 0. The standard InChI is InChI=1S/C16H8ClFO3/c17-13-14(19)11-6-1-2-7-12(11)15(20)16(13)21-10-5-3-4-9(18)8-10/h1-8H. The lowest BCUT2D eigenvalue weighted by Crippen LogP contribution is -2.23. The van der Waals surface area contributed by atoms with E-state index in [1.807, 2.05) is 0 Å². The van der Waals surface area contributed by atoms with Crippen LogP contribution in [0, 0.1) is 5.82 Å². The van der Waals surface area contributed by atoms with Crippen molar-refractivity contribution in [2.45, 2.75) is 0 Å². The van der Waals surface area contributed by atoms with Crippen LogP contribution in [0.4, 0.5) is 4.39 Å². The molecule has 3 rings (SSSR count). The Bertz CT molecular complexity index is 796. The van der Waals surface area contributed by atoms with Gasteiger partial charge in [-0.1, -0.05) is 41.9 Å². The van der Waals surface area contributed by atoms with E-state index in [1.54, 1.807) is 12.1 Å². The third kappa shape index (κ3) is 2.34. The van der Waals surface area contributed by atoms with Crippen LogP contribution in [-0.2, 0) is 0 Å². The molecule has 2 aromatic rings. The summed E-state index contributed by atoms with van der Waals surface area (Å²) in [4.78, 5) is 24.5. The average molecular weight is 303 g/mol. The van der Waals surface area contributed by atoms with Crippen molar-refractivity contribution < 1.29 is 18.7 Å². The second kappa shape index (κ2) is 5.14. The van der Waals surface area contributed by atoms with Gasteiger partial charge in [0.1, 0.15) is 16.6 Å². The van der Waals surface area contributed by atoms with Crippen molar-refractivity contribution in [2.75, 3.05) is 0 Å². The van der Waals surface area contributed by atoms with Gasteiger partial charge in [-0.3, -0.25) is 9.59 Å². The molecule has 0 saturated heterocycles. The molecule has 1 aliphatic carbocycles. The van der Waals surface area contributed by atoms with Gasteiger partial charge in [0.15, 0.2) is 5.76 Å². The van der Waals surface area contributed by atoms with Crippen molar-refractivity contribution >= 4 is 23.2 Å². The molecule has 0 atom stereocenters. The molecule has 0 aliphatic heterocycles. The number of allylic oxidation sites excluding steroid dienone is 2. The third-order valence-corrected chi connectivity index (χ3v) is 3.38. The number of benzene rings is 2. The molecular formula is C16H8ClFO3. The van der Waals surface area contributed by atoms with Crippen LogP contribution in [0.1, 0.15) is 20.7 Å². The van der Waals surface area contributed by atoms with Gasteiger partial charge < -0.3 is 4.74 Å². The number of ketones is 2. The van der Waals surface area contributed by atoms with Gasteiger partial charge in [-0.25, -0.2) is 4.39 Å². The summed E-state index contributed by atoms with van der Waals surface area (Å²) in [6.07, 6.45) is 0. The molecule has 0 spiro atoms. The Morgan fingerprint density at radius 3 is 2.24 bits per heavy atom. The monoisotopic (exact) mass is 302 g/mol. The maximum Gasteiger partial charge on any atom is 0.230 e. The number of fused-ring (bicyclic) bond motifs is 1. The van der Waals surface area contributed by atoms with Crippen molar-refractivity contribution in [3.8, 4) is 5.75 Å². The van der Waals surface area contributed by atoms with Crippen LogP contribution in [0.15, 0.2) is 59.3 Å². The van der Waals surface area contributed by atoms with Gasteiger partial charge in [-0.15, -0.1) is 0 Å². The lowest BCUT2D eigenvalue weighted by Gasteiger charge is -2.17. The van der Waals surface area contributed by atoms with Crippen LogP contribution in [0.3, 0.4) is 0 Å². The highest BCUT2D eigenvalue weighted by Gasteiger charge is 2.32. The summed E-state index contributed by atoms with van der Waals surface area (Å²) in [5.41, 5.74) is 0.456. The molecule has 0 radical (unpaired) electrons. The first-order chi connectivity index (χ1) is 10.1. The van der Waals surface area contributed by atoms with E-state index in [-0.39, 0.29) is 27.7 Å². The smallest absolute Gasteiger partial charge is 0.230 e. The van der Waals surface area contributed by atoms with Crippen LogP contribution in [-0.4, -0.2) is 11.6 Å². The van der Waals surface area contributed by atoms with Gasteiger partial charge >= 0.3 is 0 Å². The van der Waals surface area contributed by atoms with Crippen molar-refractivity contribution in [3.05, 3.63) is 76.3 Å². The summed E-state index contributed by atoms with van der Waals surface area (Å²) < 4.78 is 18.5. The normalized spacial score (nSPS) is 14.2. The van der Waals surface area contributed by atoms with Crippen LogP contribution in [0.2, 0.25) is 0 Å². The van der Waals surface area contributed by atoms with Gasteiger partial charge in [0.25, 0.3) is 0 Å². The van der Waals surface area contributed by atoms with E-state index in [4.69, 9.17) is 16.3 Å². The lowest BCUT2D eigenvalue weighted by atomic mass is 9.93. The maximum absolute atomic E-state index is 13.2. The highest BCUT2D eigenvalue weighted by Crippen LogP contribution is 2.30. The Kier molecular flexibility index (Phi) is 3.31. The van der Waals surface area contributed by atoms with E-state index in [2.05, 4.69) is 0 Å². The minimum absolute atomic E-state index is 0.101. The van der Waals surface area contributed by atoms with Crippen LogP contribution >= 0.6 is 11.6 Å². The van der Waals surface area contributed by atoms with Gasteiger partial charge in [0.05, 0.1) is 0 Å². The molecule has 0 aromatic heterocycles. The van der Waals surface area contributed by atoms with Crippen LogP contribution in [0.5, 0.6) is 5.75 Å². The average Bonchev–Trinajstić information content (AvgIpc) is 2.49. The van der Waals surface area contributed by atoms with E-state index in [9.17, 15) is 14.0 Å². The Morgan fingerprint density at radius 1 is 0.905 bits per heavy atom. The Hall–Kier alpha value is -2.46. The molecule has 0 unspecified atom stereocenters. The molecule has 0 bridgehead atoms. The van der Waals surface area contributed by atoms with Crippen molar-refractivity contribution in [3.63, 3.8) is 0 Å². The van der Waals surface area contributed by atoms with E-state index in [0.29, 0.717) is 0 Å². The zero-order valence-corrected chi connectivity index (χ0v) is 11.4. The predicted molar refractivity (Wildman–Crippen MR) is 75.0 cm³/mol. The number of hydrogen-bond acceptors (Lipinski definition) is 3. The first-order valence-corrected chi connectivity index (χ1v) is 6.47. The fourth-order valence-electron chi connectivity index (χ4n) is 2.06. The highest BCUT2D eigenvalue weighted by molar-refractivity contribution is 6.49. The molecular weight excluding hydrogens is 295 g/mol. The number of carbonyl (C=O) groups is 2. The van der Waals surface area contributed by atoms with Crippen LogP contribution in [0.25, 0.3) is 0 Å². The summed E-state index contributed by atoms with van der Waals surface area (Å²) in [5.74, 6) is -1.69. The van der Waals surface area contributed by atoms with Crippen molar-refractivity contribution in [2.24, 2.45) is 0 Å². The highest BCUT2D eigenvalue weighted by atomic mass is 35.5. The zero-order valence-electron chi connectivity index (χ0n) is 10.6. The number of Topliss-reactive ketones (excluding diaryl/α,β-unsaturated/α-hetero) is 2. The van der Waals surface area contributed by atoms with Crippen molar-refractivity contribution in [1.29, 1.82) is 0 Å². The first-order valence-electron chi connectivity index (χ1n) is 6.09. The molecule has 0 heterocycles. The van der Waals surface area contributed by atoms with Crippen molar-refractivity contribution in [1.82, 2.24) is 0 Å². The maximum atomic E-state index is 13.2. The largest absolute Gasteiger partial charge is 0.451 e. The number of halogens is 2. The third-order valence-electron chi connectivity index (χ3n) is 3.04. The van der Waals surface area contributed by atoms with E-state index >= 15 is 0 Å². The molecule has 1 aliphatic rings. The quantitative estimate of drug-likeness (QED) is 0.849. The molecule has 21 heavy (non-hydrogen) atoms. The molecule has 0 amide bonds. The fourth-order valence-corrected chi connectivity index (χ4v) is 2.29. The molecule has 0 fully saturated rings. The molecule has 3 nitrogen and oxygen atoms in total. The minimum atomic E-state index is -0.515. The van der Waals surface area contributed by atoms with Gasteiger partial charge in [0, 0.05) is 17.2 Å². The topological polar surface area (TPSA) is 43.4 Å². The predicted octanol–water partition coefficient (Wildman–Crippen LogP) is 3.73. The number of hydrogen-bond donors (Lipinski definition) is 0. The summed E-state index contributed by atoms with van der Waals surface area (Å²) in [7, 11) is 0. The molecule has 5 heteroatoms. The van der Waals surface area contributed by atoms with E-state index in [0.717, 1.165) is 6.07 Å². The molecule has 0 N–H and O–H groups in total. The van der Waals surface area contributed by atoms with E-state index < -0.39 is 17.4 Å². The number of rotatable bonds is 2. The van der Waals surface area contributed by atoms with Gasteiger partial charge in [-0.05, 0) is 12.1 Å². The van der Waals surface area contributed by atoms with Gasteiger partial charge in [-0.2, -0.15) is 0 Å². The second-order valence-electron chi connectivity index (χ2n) is 4.41. The molecule has 2 aromatic carbocycles.